The van der Waals surface area contributed by atoms with Gasteiger partial charge >= 0.3 is 0 Å². The molecular weight excluding hydrogens is 430 g/mol. The highest BCUT2D eigenvalue weighted by atomic mass is 32.1. The summed E-state index contributed by atoms with van der Waals surface area (Å²) < 4.78 is 12.1. The first-order valence-corrected chi connectivity index (χ1v) is 11.0. The van der Waals surface area contributed by atoms with Gasteiger partial charge in [-0.3, -0.25) is 9.59 Å². The van der Waals surface area contributed by atoms with E-state index in [-0.39, 0.29) is 24.9 Å². The highest BCUT2D eigenvalue weighted by molar-refractivity contribution is 7.09. The first kappa shape index (κ1) is 21.7. The summed E-state index contributed by atoms with van der Waals surface area (Å²) in [6, 6.07) is 13.7. The number of carbonyl (C=O) groups excluding carboxylic acids is 2. The normalized spacial score (nSPS) is 12.0. The maximum absolute atomic E-state index is 13.5. The van der Waals surface area contributed by atoms with Gasteiger partial charge in [-0.25, -0.2) is 4.68 Å². The van der Waals surface area contributed by atoms with Crippen molar-refractivity contribution in [2.24, 2.45) is 0 Å². The zero-order valence-electron chi connectivity index (χ0n) is 17.5. The number of rotatable bonds is 10. The Morgan fingerprint density at radius 2 is 2.09 bits per heavy atom. The average Bonchev–Trinajstić information content (AvgIpc) is 3.57. The summed E-state index contributed by atoms with van der Waals surface area (Å²) in [5.74, 6) is -0.240. The SMILES string of the molecule is COCCNC(=O)[C@@H](c1ccco1)N(Cc1cccs1)C(=O)Cn1nnc2ccccc21. The van der Waals surface area contributed by atoms with Crippen LogP contribution < -0.4 is 5.32 Å². The quantitative estimate of drug-likeness (QED) is 0.370. The van der Waals surface area contributed by atoms with Crippen molar-refractivity contribution in [1.29, 1.82) is 0 Å². The third-order valence-corrected chi connectivity index (χ3v) is 5.77. The molecule has 4 rings (SSSR count). The van der Waals surface area contributed by atoms with E-state index in [1.165, 1.54) is 22.5 Å². The Morgan fingerprint density at radius 1 is 1.22 bits per heavy atom. The molecule has 0 fully saturated rings. The van der Waals surface area contributed by atoms with Crippen molar-refractivity contribution >= 4 is 34.2 Å². The zero-order chi connectivity index (χ0) is 22.3. The Balaban J connectivity index is 1.65. The van der Waals surface area contributed by atoms with Crippen LogP contribution in [0.5, 0.6) is 0 Å². The summed E-state index contributed by atoms with van der Waals surface area (Å²) in [7, 11) is 1.56. The van der Waals surface area contributed by atoms with Gasteiger partial charge in [0.05, 0.1) is 24.9 Å². The second kappa shape index (κ2) is 10.2. The second-order valence-corrected chi connectivity index (χ2v) is 8.07. The molecule has 3 aromatic heterocycles. The molecule has 32 heavy (non-hydrogen) atoms. The number of benzene rings is 1. The summed E-state index contributed by atoms with van der Waals surface area (Å²) in [5.41, 5.74) is 1.45. The first-order valence-electron chi connectivity index (χ1n) is 10.1. The Labute approximate surface area is 188 Å². The van der Waals surface area contributed by atoms with Crippen molar-refractivity contribution in [3.63, 3.8) is 0 Å². The highest BCUT2D eigenvalue weighted by Crippen LogP contribution is 2.26. The molecule has 1 N–H and O–H groups in total. The molecule has 0 saturated heterocycles. The van der Waals surface area contributed by atoms with E-state index >= 15 is 0 Å². The van der Waals surface area contributed by atoms with Crippen LogP contribution in [0.4, 0.5) is 0 Å². The van der Waals surface area contributed by atoms with Crippen LogP contribution in [0.1, 0.15) is 16.7 Å². The van der Waals surface area contributed by atoms with Crippen molar-refractivity contribution in [2.45, 2.75) is 19.1 Å². The van der Waals surface area contributed by atoms with Gasteiger partial charge in [-0.15, -0.1) is 16.4 Å². The summed E-state index contributed by atoms with van der Waals surface area (Å²) in [6.45, 7) is 0.877. The largest absolute Gasteiger partial charge is 0.467 e. The molecule has 0 aliphatic heterocycles. The molecule has 166 valence electrons. The van der Waals surface area contributed by atoms with Gasteiger partial charge in [0.25, 0.3) is 5.91 Å². The number of methoxy groups -OCH3 is 1. The fourth-order valence-electron chi connectivity index (χ4n) is 3.39. The lowest BCUT2D eigenvalue weighted by Gasteiger charge is -2.29. The number of fused-ring (bicyclic) bond motifs is 1. The average molecular weight is 454 g/mol. The van der Waals surface area contributed by atoms with Crippen molar-refractivity contribution in [3.05, 3.63) is 70.8 Å². The minimum absolute atomic E-state index is 0.0611. The third kappa shape index (κ3) is 4.87. The summed E-state index contributed by atoms with van der Waals surface area (Å²) in [6.07, 6.45) is 1.49. The van der Waals surface area contributed by atoms with Crippen molar-refractivity contribution in [3.8, 4) is 0 Å². The number of hydrogen-bond donors (Lipinski definition) is 1. The van der Waals surface area contributed by atoms with Crippen LogP contribution in [0, 0.1) is 0 Å². The molecule has 0 unspecified atom stereocenters. The van der Waals surface area contributed by atoms with E-state index in [0.29, 0.717) is 24.4 Å². The minimum atomic E-state index is -0.939. The van der Waals surface area contributed by atoms with Crippen LogP contribution in [0.15, 0.2) is 64.6 Å². The van der Waals surface area contributed by atoms with Crippen LogP contribution in [0.2, 0.25) is 0 Å². The lowest BCUT2D eigenvalue weighted by Crippen LogP contribution is -2.45. The lowest BCUT2D eigenvalue weighted by atomic mass is 10.1. The number of ether oxygens (including phenoxy) is 1. The fraction of sp³-hybridized carbons (Fsp3) is 0.273. The van der Waals surface area contributed by atoms with E-state index in [1.54, 1.807) is 23.9 Å². The molecular formula is C22H23N5O4S. The molecule has 0 aliphatic rings. The number of carbonyl (C=O) groups is 2. The van der Waals surface area contributed by atoms with Crippen LogP contribution in [0.25, 0.3) is 11.0 Å². The van der Waals surface area contributed by atoms with Crippen LogP contribution in [0.3, 0.4) is 0 Å². The number of furan rings is 1. The van der Waals surface area contributed by atoms with Gasteiger partial charge < -0.3 is 19.4 Å². The van der Waals surface area contributed by atoms with Crippen molar-refractivity contribution in [1.82, 2.24) is 25.2 Å². The fourth-order valence-corrected chi connectivity index (χ4v) is 4.09. The third-order valence-electron chi connectivity index (χ3n) is 4.91. The smallest absolute Gasteiger partial charge is 0.250 e. The molecule has 1 aromatic carbocycles. The first-order chi connectivity index (χ1) is 15.7. The molecule has 3 heterocycles. The molecule has 0 bridgehead atoms. The Bertz CT molecular complexity index is 1160. The zero-order valence-corrected chi connectivity index (χ0v) is 18.3. The van der Waals surface area contributed by atoms with Crippen LogP contribution in [-0.2, 0) is 27.4 Å². The van der Waals surface area contributed by atoms with Gasteiger partial charge in [-0.05, 0) is 35.7 Å². The summed E-state index contributed by atoms with van der Waals surface area (Å²) in [4.78, 5) is 29.2. The minimum Gasteiger partial charge on any atom is -0.467 e. The Morgan fingerprint density at radius 3 is 2.84 bits per heavy atom. The Hall–Kier alpha value is -3.50. The van der Waals surface area contributed by atoms with Crippen LogP contribution in [-0.4, -0.2) is 52.0 Å². The number of para-hydroxylation sites is 1. The number of amides is 2. The second-order valence-electron chi connectivity index (χ2n) is 7.04. The topological polar surface area (TPSA) is 102 Å². The predicted molar refractivity (Wildman–Crippen MR) is 119 cm³/mol. The van der Waals surface area contributed by atoms with Gasteiger partial charge in [-0.2, -0.15) is 0 Å². The molecule has 0 aliphatic carbocycles. The monoisotopic (exact) mass is 453 g/mol. The van der Waals surface area contributed by atoms with E-state index < -0.39 is 6.04 Å². The molecule has 2 amide bonds. The van der Waals surface area contributed by atoms with E-state index in [2.05, 4.69) is 15.6 Å². The summed E-state index contributed by atoms with van der Waals surface area (Å²) >= 11 is 1.52. The molecule has 10 heteroatoms. The number of thiophene rings is 1. The van der Waals surface area contributed by atoms with E-state index in [9.17, 15) is 9.59 Å². The predicted octanol–water partition coefficient (Wildman–Crippen LogP) is 2.62. The number of hydrogen-bond acceptors (Lipinski definition) is 7. The van der Waals surface area contributed by atoms with E-state index in [4.69, 9.17) is 9.15 Å². The number of aromatic nitrogens is 3. The Kier molecular flexibility index (Phi) is 6.93. The number of nitrogens with zero attached hydrogens (tertiary/aromatic N) is 4. The molecule has 0 saturated carbocycles. The molecule has 4 aromatic rings. The van der Waals surface area contributed by atoms with Crippen molar-refractivity contribution < 1.29 is 18.7 Å². The molecule has 0 spiro atoms. The van der Waals surface area contributed by atoms with Gasteiger partial charge in [0, 0.05) is 18.5 Å². The lowest BCUT2D eigenvalue weighted by molar-refractivity contribution is -0.142. The van der Waals surface area contributed by atoms with Crippen molar-refractivity contribution in [2.75, 3.05) is 20.3 Å². The molecule has 9 nitrogen and oxygen atoms in total. The highest BCUT2D eigenvalue weighted by Gasteiger charge is 2.34. The maximum atomic E-state index is 13.5. The van der Waals surface area contributed by atoms with E-state index in [0.717, 1.165) is 10.4 Å². The molecule has 0 radical (unpaired) electrons. The van der Waals surface area contributed by atoms with Gasteiger partial charge in [0.1, 0.15) is 17.8 Å². The number of nitrogens with one attached hydrogen (secondary N) is 1. The van der Waals surface area contributed by atoms with Crippen LogP contribution >= 0.6 is 11.3 Å². The van der Waals surface area contributed by atoms with Gasteiger partial charge in [0.2, 0.25) is 5.91 Å². The summed E-state index contributed by atoms with van der Waals surface area (Å²) in [5, 5.41) is 13.0. The van der Waals surface area contributed by atoms with Gasteiger partial charge in [-0.1, -0.05) is 23.4 Å². The van der Waals surface area contributed by atoms with Gasteiger partial charge in [0.15, 0.2) is 6.04 Å². The molecule has 1 atom stereocenters. The standard InChI is InChI=1S/C22H23N5O4S/c1-30-12-10-23-22(29)21(19-9-4-11-31-19)26(14-16-6-5-13-32-16)20(28)15-27-18-8-3-2-7-17(18)24-25-27/h2-9,11,13,21H,10,12,14-15H2,1H3,(H,23,29)/t21-/m1/s1. The maximum Gasteiger partial charge on any atom is 0.250 e. The van der Waals surface area contributed by atoms with E-state index in [1.807, 2.05) is 41.8 Å².